The second-order valence-corrected chi connectivity index (χ2v) is 7.83. The van der Waals surface area contributed by atoms with Crippen molar-refractivity contribution < 1.29 is 4.74 Å². The van der Waals surface area contributed by atoms with E-state index in [9.17, 15) is 0 Å². The monoisotopic (exact) mass is 433 g/mol. The number of nitrogens with zero attached hydrogens (tertiary/aromatic N) is 2. The van der Waals surface area contributed by atoms with E-state index < -0.39 is 0 Å². The molecular weight excluding hydrogens is 413 g/mol. The van der Waals surface area contributed by atoms with Gasteiger partial charge in [0.2, 0.25) is 5.13 Å². The van der Waals surface area contributed by atoms with Crippen LogP contribution in [0.2, 0.25) is 10.0 Å². The predicted octanol–water partition coefficient (Wildman–Crippen LogP) is 7.13. The Bertz CT molecular complexity index is 943. The molecule has 0 bridgehead atoms. The fraction of sp³-hybridized carbons (Fsp3) is 0.238. The van der Waals surface area contributed by atoms with Crippen LogP contribution in [0.3, 0.4) is 0 Å². The predicted molar refractivity (Wildman–Crippen MR) is 120 cm³/mol. The molecule has 28 heavy (non-hydrogen) atoms. The molecule has 0 amide bonds. The minimum absolute atomic E-state index is 0.571. The highest BCUT2D eigenvalue weighted by atomic mass is 35.5. The third-order valence-corrected chi connectivity index (χ3v) is 5.29. The minimum atomic E-state index is 0.571. The topological polar surface area (TPSA) is 46.5 Å². The number of aromatic nitrogens is 1. The van der Waals surface area contributed by atoms with Crippen molar-refractivity contribution in [2.75, 3.05) is 12.0 Å². The van der Waals surface area contributed by atoms with Gasteiger partial charge >= 0.3 is 0 Å². The van der Waals surface area contributed by atoms with Crippen LogP contribution in [0.1, 0.15) is 31.7 Å². The molecule has 0 aliphatic heterocycles. The molecule has 0 radical (unpaired) electrons. The molecule has 1 aromatic heterocycles. The summed E-state index contributed by atoms with van der Waals surface area (Å²) in [4.78, 5) is 4.53. The lowest BCUT2D eigenvalue weighted by Crippen LogP contribution is -2.00. The van der Waals surface area contributed by atoms with E-state index in [1.165, 1.54) is 24.2 Å². The zero-order chi connectivity index (χ0) is 19.8. The Balaban J connectivity index is 1.63. The Morgan fingerprint density at radius 2 is 2.04 bits per heavy atom. The van der Waals surface area contributed by atoms with E-state index in [-0.39, 0.29) is 0 Å². The van der Waals surface area contributed by atoms with Crippen LogP contribution >= 0.6 is 34.5 Å². The average molecular weight is 434 g/mol. The van der Waals surface area contributed by atoms with Gasteiger partial charge in [-0.3, -0.25) is 5.43 Å². The molecule has 0 aliphatic rings. The van der Waals surface area contributed by atoms with Gasteiger partial charge in [0.05, 0.1) is 23.5 Å². The molecule has 3 rings (SSSR count). The van der Waals surface area contributed by atoms with Gasteiger partial charge in [-0.15, -0.1) is 11.3 Å². The van der Waals surface area contributed by atoms with E-state index in [2.05, 4.69) is 22.4 Å². The second-order valence-electron chi connectivity index (χ2n) is 6.13. The van der Waals surface area contributed by atoms with Crippen LogP contribution < -0.4 is 10.2 Å². The number of hydrogen-bond donors (Lipinski definition) is 1. The van der Waals surface area contributed by atoms with E-state index in [1.54, 1.807) is 18.3 Å². The van der Waals surface area contributed by atoms with Crippen molar-refractivity contribution in [2.45, 2.75) is 26.2 Å². The van der Waals surface area contributed by atoms with Crippen LogP contribution in [-0.4, -0.2) is 17.8 Å². The lowest BCUT2D eigenvalue weighted by Gasteiger charge is -2.08. The Labute approximate surface area is 179 Å². The first kappa shape index (κ1) is 20.6. The summed E-state index contributed by atoms with van der Waals surface area (Å²) in [6.45, 7) is 2.89. The maximum Gasteiger partial charge on any atom is 0.203 e. The Morgan fingerprint density at radius 1 is 1.18 bits per heavy atom. The normalized spacial score (nSPS) is 11.1. The van der Waals surface area contributed by atoms with E-state index in [1.807, 2.05) is 35.7 Å². The number of benzene rings is 2. The number of para-hydroxylation sites is 1. The number of rotatable bonds is 9. The number of nitrogens with one attached hydrogen (secondary N) is 1. The Kier molecular flexibility index (Phi) is 7.71. The molecular formula is C21H21Cl2N3OS. The summed E-state index contributed by atoms with van der Waals surface area (Å²) in [5, 5.41) is 8.08. The van der Waals surface area contributed by atoms with Crippen molar-refractivity contribution in [1.29, 1.82) is 0 Å². The highest BCUT2D eigenvalue weighted by molar-refractivity contribution is 7.14. The smallest absolute Gasteiger partial charge is 0.203 e. The first-order chi connectivity index (χ1) is 13.7. The molecule has 1 heterocycles. The van der Waals surface area contributed by atoms with Crippen LogP contribution in [0.25, 0.3) is 11.3 Å². The van der Waals surface area contributed by atoms with Crippen molar-refractivity contribution >= 4 is 45.9 Å². The van der Waals surface area contributed by atoms with Crippen LogP contribution in [0.4, 0.5) is 5.13 Å². The number of hydrazone groups is 1. The van der Waals surface area contributed by atoms with E-state index >= 15 is 0 Å². The molecule has 0 spiro atoms. The van der Waals surface area contributed by atoms with E-state index in [0.29, 0.717) is 21.8 Å². The number of anilines is 1. The van der Waals surface area contributed by atoms with Crippen LogP contribution in [0, 0.1) is 0 Å². The van der Waals surface area contributed by atoms with Crippen molar-refractivity contribution in [2.24, 2.45) is 5.10 Å². The van der Waals surface area contributed by atoms with E-state index in [0.717, 1.165) is 29.0 Å². The molecule has 0 atom stereocenters. The third kappa shape index (κ3) is 5.71. The summed E-state index contributed by atoms with van der Waals surface area (Å²) in [6.07, 6.45) is 5.14. The van der Waals surface area contributed by atoms with Gasteiger partial charge in [-0.25, -0.2) is 4.98 Å². The summed E-state index contributed by atoms with van der Waals surface area (Å²) in [5.74, 6) is 0.830. The van der Waals surface area contributed by atoms with Gasteiger partial charge < -0.3 is 4.74 Å². The molecule has 0 unspecified atom stereocenters. The fourth-order valence-corrected chi connectivity index (χ4v) is 3.72. The van der Waals surface area contributed by atoms with Crippen molar-refractivity contribution in [3.8, 4) is 17.0 Å². The fourth-order valence-electron chi connectivity index (χ4n) is 2.56. The van der Waals surface area contributed by atoms with Crippen molar-refractivity contribution in [1.82, 2.24) is 4.98 Å². The van der Waals surface area contributed by atoms with E-state index in [4.69, 9.17) is 27.9 Å². The van der Waals surface area contributed by atoms with Gasteiger partial charge in [0.15, 0.2) is 0 Å². The summed E-state index contributed by atoms with van der Waals surface area (Å²) < 4.78 is 5.87. The van der Waals surface area contributed by atoms with Gasteiger partial charge in [-0.1, -0.05) is 55.1 Å². The minimum Gasteiger partial charge on any atom is -0.493 e. The first-order valence-electron chi connectivity index (χ1n) is 9.09. The molecule has 0 saturated heterocycles. The highest BCUT2D eigenvalue weighted by Gasteiger charge is 2.08. The van der Waals surface area contributed by atoms with Crippen LogP contribution in [0.5, 0.6) is 5.75 Å². The SMILES string of the molecule is CCCCCOc1ccccc1/C=N\Nc1nc(-c2ccc(Cl)cc2Cl)cs1. The summed E-state index contributed by atoms with van der Waals surface area (Å²) in [5.41, 5.74) is 5.51. The van der Waals surface area contributed by atoms with Gasteiger partial charge in [0.25, 0.3) is 0 Å². The molecule has 0 saturated carbocycles. The van der Waals surface area contributed by atoms with Gasteiger partial charge in [-0.2, -0.15) is 5.10 Å². The second kappa shape index (κ2) is 10.5. The van der Waals surface area contributed by atoms with Crippen molar-refractivity contribution in [3.05, 3.63) is 63.5 Å². The molecule has 3 aromatic rings. The third-order valence-electron chi connectivity index (χ3n) is 4.00. The quantitative estimate of drug-likeness (QED) is 0.221. The molecule has 1 N–H and O–H groups in total. The zero-order valence-corrected chi connectivity index (χ0v) is 17.8. The van der Waals surface area contributed by atoms with Crippen LogP contribution in [0.15, 0.2) is 52.9 Å². The maximum absolute atomic E-state index is 6.25. The number of unbranched alkanes of at least 4 members (excludes halogenated alkanes) is 2. The zero-order valence-electron chi connectivity index (χ0n) is 15.5. The summed E-state index contributed by atoms with van der Waals surface area (Å²) in [6, 6.07) is 13.2. The highest BCUT2D eigenvalue weighted by Crippen LogP contribution is 2.32. The average Bonchev–Trinajstić information content (AvgIpc) is 3.15. The van der Waals surface area contributed by atoms with Gasteiger partial charge in [-0.05, 0) is 36.8 Å². The Morgan fingerprint density at radius 3 is 2.86 bits per heavy atom. The summed E-state index contributed by atoms with van der Waals surface area (Å²) in [7, 11) is 0. The largest absolute Gasteiger partial charge is 0.493 e. The lowest BCUT2D eigenvalue weighted by atomic mass is 10.2. The first-order valence-corrected chi connectivity index (χ1v) is 10.7. The van der Waals surface area contributed by atoms with Gasteiger partial charge in [0, 0.05) is 21.5 Å². The number of hydrogen-bond acceptors (Lipinski definition) is 5. The summed E-state index contributed by atoms with van der Waals surface area (Å²) >= 11 is 13.7. The maximum atomic E-state index is 6.25. The number of halogens is 2. The van der Waals surface area contributed by atoms with Gasteiger partial charge in [0.1, 0.15) is 5.75 Å². The molecule has 7 heteroatoms. The standard InChI is InChI=1S/C21H21Cl2N3OS/c1-2-3-6-11-27-20-8-5-4-7-15(20)13-24-26-21-25-19(14-28-21)17-10-9-16(22)12-18(17)23/h4-5,7-10,12-14H,2-3,6,11H2,1H3,(H,25,26)/b24-13-. The van der Waals surface area contributed by atoms with Crippen molar-refractivity contribution in [3.63, 3.8) is 0 Å². The Hall–Kier alpha value is -2.08. The number of thiazole rings is 1. The molecule has 0 fully saturated rings. The molecule has 2 aromatic carbocycles. The number of ether oxygens (including phenoxy) is 1. The van der Waals surface area contributed by atoms with Crippen LogP contribution in [-0.2, 0) is 0 Å². The molecule has 0 aliphatic carbocycles. The molecule has 146 valence electrons. The lowest BCUT2D eigenvalue weighted by molar-refractivity contribution is 0.306. The molecule has 4 nitrogen and oxygen atoms in total.